The fourth-order valence-electron chi connectivity index (χ4n) is 2.64. The molecule has 0 spiro atoms. The minimum absolute atomic E-state index is 0.464. The van der Waals surface area contributed by atoms with Crippen LogP contribution in [0.15, 0.2) is 16.3 Å². The molecule has 1 N–H and O–H groups in total. The lowest BCUT2D eigenvalue weighted by molar-refractivity contribution is 0.281. The van der Waals surface area contributed by atoms with Gasteiger partial charge in [-0.3, -0.25) is 0 Å². The van der Waals surface area contributed by atoms with Gasteiger partial charge in [-0.2, -0.15) is 4.31 Å². The fourth-order valence-corrected chi connectivity index (χ4v) is 5.74. The van der Waals surface area contributed by atoms with E-state index in [2.05, 4.69) is 19.2 Å². The summed E-state index contributed by atoms with van der Waals surface area (Å²) in [6, 6.07) is 3.73. The van der Waals surface area contributed by atoms with Gasteiger partial charge in [0, 0.05) is 18.0 Å². The van der Waals surface area contributed by atoms with Gasteiger partial charge in [-0.1, -0.05) is 13.8 Å². The van der Waals surface area contributed by atoms with E-state index in [4.69, 9.17) is 0 Å². The second kappa shape index (κ2) is 7.72. The van der Waals surface area contributed by atoms with Crippen LogP contribution >= 0.6 is 11.3 Å². The molecule has 2 rings (SSSR count). The second-order valence-electron chi connectivity index (χ2n) is 5.83. The van der Waals surface area contributed by atoms with Crippen molar-refractivity contribution in [2.75, 3.05) is 26.2 Å². The van der Waals surface area contributed by atoms with Crippen molar-refractivity contribution < 1.29 is 8.42 Å². The molecule has 1 saturated heterocycles. The molecule has 1 aromatic rings. The van der Waals surface area contributed by atoms with Crippen molar-refractivity contribution in [3.8, 4) is 0 Å². The van der Waals surface area contributed by atoms with Crippen LogP contribution in [-0.4, -0.2) is 38.9 Å². The van der Waals surface area contributed by atoms with E-state index < -0.39 is 10.0 Å². The largest absolute Gasteiger partial charge is 0.316 e. The van der Waals surface area contributed by atoms with Gasteiger partial charge in [0.15, 0.2) is 0 Å². The number of hydrogen-bond donors (Lipinski definition) is 1. The molecule has 120 valence electrons. The van der Waals surface area contributed by atoms with E-state index in [-0.39, 0.29) is 0 Å². The van der Waals surface area contributed by atoms with Gasteiger partial charge in [0.1, 0.15) is 4.21 Å². The Hall–Kier alpha value is -0.430. The Balaban J connectivity index is 1.98. The summed E-state index contributed by atoms with van der Waals surface area (Å²) in [6.45, 7) is 7.52. The van der Waals surface area contributed by atoms with E-state index in [1.165, 1.54) is 11.3 Å². The molecule has 0 radical (unpaired) electrons. The normalized spacial score (nSPS) is 20.8. The zero-order valence-corrected chi connectivity index (χ0v) is 14.6. The van der Waals surface area contributed by atoms with Gasteiger partial charge in [-0.05, 0) is 56.8 Å². The molecule has 21 heavy (non-hydrogen) atoms. The van der Waals surface area contributed by atoms with Crippen LogP contribution in [0.1, 0.15) is 38.0 Å². The molecular formula is C15H26N2O2S2. The number of nitrogens with zero attached hydrogens (tertiary/aromatic N) is 1. The molecule has 1 aromatic heterocycles. The Labute approximate surface area is 132 Å². The van der Waals surface area contributed by atoms with Gasteiger partial charge in [0.05, 0.1) is 0 Å². The number of nitrogens with one attached hydrogen (secondary N) is 1. The zero-order valence-electron chi connectivity index (χ0n) is 13.0. The van der Waals surface area contributed by atoms with Gasteiger partial charge < -0.3 is 5.32 Å². The lowest BCUT2D eigenvalue weighted by Gasteiger charge is -2.29. The predicted octanol–water partition coefficient (Wildman–Crippen LogP) is 2.71. The van der Waals surface area contributed by atoms with Crippen molar-refractivity contribution in [3.05, 3.63) is 17.0 Å². The Morgan fingerprint density at radius 2 is 2.19 bits per heavy atom. The molecule has 1 aliphatic rings. The first-order valence-corrected chi connectivity index (χ1v) is 10.1. The summed E-state index contributed by atoms with van der Waals surface area (Å²) in [5, 5.41) is 3.35. The van der Waals surface area contributed by atoms with E-state index in [0.29, 0.717) is 23.2 Å². The second-order valence-corrected chi connectivity index (χ2v) is 9.16. The molecule has 0 aromatic carbocycles. The van der Waals surface area contributed by atoms with Gasteiger partial charge in [0.25, 0.3) is 10.0 Å². The standard InChI is InChI=1S/C15H26N2O2S2/c1-3-9-16-10-8-14-6-7-15(20-14)21(18,19)17-11-4-5-13(2)12-17/h6-7,13,16H,3-5,8-12H2,1-2H3. The molecule has 6 heteroatoms. The van der Waals surface area contributed by atoms with Gasteiger partial charge in [0.2, 0.25) is 0 Å². The Morgan fingerprint density at radius 1 is 1.38 bits per heavy atom. The highest BCUT2D eigenvalue weighted by Gasteiger charge is 2.29. The summed E-state index contributed by atoms with van der Waals surface area (Å²) >= 11 is 1.42. The van der Waals surface area contributed by atoms with E-state index in [1.54, 1.807) is 10.4 Å². The summed E-state index contributed by atoms with van der Waals surface area (Å²) in [4.78, 5) is 1.14. The van der Waals surface area contributed by atoms with Crippen LogP contribution < -0.4 is 5.32 Å². The van der Waals surface area contributed by atoms with Crippen molar-refractivity contribution in [2.24, 2.45) is 5.92 Å². The van der Waals surface area contributed by atoms with Crippen LogP contribution in [0.5, 0.6) is 0 Å². The maximum absolute atomic E-state index is 12.6. The molecule has 1 atom stereocenters. The van der Waals surface area contributed by atoms with Crippen LogP contribution in [0.25, 0.3) is 0 Å². The lowest BCUT2D eigenvalue weighted by atomic mass is 10.0. The Kier molecular flexibility index (Phi) is 6.22. The van der Waals surface area contributed by atoms with Crippen molar-refractivity contribution >= 4 is 21.4 Å². The summed E-state index contributed by atoms with van der Waals surface area (Å²) in [6.07, 6.45) is 4.12. The topological polar surface area (TPSA) is 49.4 Å². The highest BCUT2D eigenvalue weighted by Crippen LogP contribution is 2.28. The van der Waals surface area contributed by atoms with E-state index >= 15 is 0 Å². The molecule has 0 saturated carbocycles. The SMILES string of the molecule is CCCNCCc1ccc(S(=O)(=O)N2CCCC(C)C2)s1. The molecule has 4 nitrogen and oxygen atoms in total. The summed E-state index contributed by atoms with van der Waals surface area (Å²) in [5.41, 5.74) is 0. The van der Waals surface area contributed by atoms with Gasteiger partial charge in [-0.15, -0.1) is 11.3 Å². The maximum atomic E-state index is 12.6. The van der Waals surface area contributed by atoms with Crippen LogP contribution in [0.4, 0.5) is 0 Å². The minimum atomic E-state index is -3.28. The van der Waals surface area contributed by atoms with Crippen molar-refractivity contribution in [2.45, 2.75) is 43.7 Å². The lowest BCUT2D eigenvalue weighted by Crippen LogP contribution is -2.38. The predicted molar refractivity (Wildman–Crippen MR) is 88.3 cm³/mol. The van der Waals surface area contributed by atoms with Crippen molar-refractivity contribution in [1.29, 1.82) is 0 Å². The third-order valence-electron chi connectivity index (χ3n) is 3.83. The van der Waals surface area contributed by atoms with E-state index in [0.717, 1.165) is 43.6 Å². The number of sulfonamides is 1. The molecule has 0 aliphatic carbocycles. The zero-order chi connectivity index (χ0) is 15.3. The van der Waals surface area contributed by atoms with Crippen molar-refractivity contribution in [3.63, 3.8) is 0 Å². The number of piperidine rings is 1. The number of thiophene rings is 1. The molecule has 1 aliphatic heterocycles. The van der Waals surface area contributed by atoms with Gasteiger partial charge in [-0.25, -0.2) is 8.42 Å². The summed E-state index contributed by atoms with van der Waals surface area (Å²) in [5.74, 6) is 0.464. The molecular weight excluding hydrogens is 304 g/mol. The van der Waals surface area contributed by atoms with Crippen LogP contribution in [0.2, 0.25) is 0 Å². The maximum Gasteiger partial charge on any atom is 0.252 e. The molecule has 0 amide bonds. The average Bonchev–Trinajstić information content (AvgIpc) is 2.93. The first kappa shape index (κ1) is 16.9. The number of hydrogen-bond acceptors (Lipinski definition) is 4. The Bertz CT molecular complexity index is 540. The van der Waals surface area contributed by atoms with Crippen LogP contribution in [-0.2, 0) is 16.4 Å². The van der Waals surface area contributed by atoms with E-state index in [9.17, 15) is 8.42 Å². The number of rotatable bonds is 7. The third-order valence-corrected chi connectivity index (χ3v) is 7.30. The highest BCUT2D eigenvalue weighted by atomic mass is 32.2. The van der Waals surface area contributed by atoms with Crippen LogP contribution in [0, 0.1) is 5.92 Å². The summed E-state index contributed by atoms with van der Waals surface area (Å²) in [7, 11) is -3.28. The monoisotopic (exact) mass is 330 g/mol. The van der Waals surface area contributed by atoms with Crippen LogP contribution in [0.3, 0.4) is 0 Å². The first-order chi connectivity index (χ1) is 10.0. The van der Waals surface area contributed by atoms with Gasteiger partial charge >= 0.3 is 0 Å². The highest BCUT2D eigenvalue weighted by molar-refractivity contribution is 7.91. The third kappa shape index (κ3) is 4.52. The van der Waals surface area contributed by atoms with E-state index in [1.807, 2.05) is 6.07 Å². The minimum Gasteiger partial charge on any atom is -0.316 e. The molecule has 0 bridgehead atoms. The average molecular weight is 331 g/mol. The molecule has 1 unspecified atom stereocenters. The fraction of sp³-hybridized carbons (Fsp3) is 0.733. The quantitative estimate of drug-likeness (QED) is 0.782. The van der Waals surface area contributed by atoms with Crippen molar-refractivity contribution in [1.82, 2.24) is 9.62 Å². The smallest absolute Gasteiger partial charge is 0.252 e. The first-order valence-electron chi connectivity index (χ1n) is 7.83. The Morgan fingerprint density at radius 3 is 2.90 bits per heavy atom. The molecule has 1 fully saturated rings. The molecule has 2 heterocycles. The summed E-state index contributed by atoms with van der Waals surface area (Å²) < 4.78 is 27.4.